The predicted octanol–water partition coefficient (Wildman–Crippen LogP) is 4.66. The van der Waals surface area contributed by atoms with Gasteiger partial charge in [-0.25, -0.2) is 4.98 Å². The third-order valence-electron chi connectivity index (χ3n) is 5.65. The second-order valence-corrected chi connectivity index (χ2v) is 7.80. The fourth-order valence-corrected chi connectivity index (χ4v) is 3.96. The summed E-state index contributed by atoms with van der Waals surface area (Å²) in [6, 6.07) is 19.7. The van der Waals surface area contributed by atoms with E-state index in [9.17, 15) is 4.79 Å². The van der Waals surface area contributed by atoms with Crippen LogP contribution in [-0.2, 0) is 0 Å². The molecule has 0 aliphatic heterocycles. The minimum atomic E-state index is -0.296. The first kappa shape index (κ1) is 20.4. The fourth-order valence-electron chi connectivity index (χ4n) is 3.96. The number of H-pyrrole nitrogens is 1. The van der Waals surface area contributed by atoms with Gasteiger partial charge < -0.3 is 11.1 Å². The van der Waals surface area contributed by atoms with Crippen LogP contribution in [0.4, 0.5) is 11.5 Å². The number of benzene rings is 2. The molecular formula is C25H23N7O. The number of carbonyl (C=O) groups excluding carboxylic acids is 1. The van der Waals surface area contributed by atoms with Gasteiger partial charge in [0.2, 0.25) is 0 Å². The number of nitrogens with two attached hydrogens (primary N) is 1. The van der Waals surface area contributed by atoms with Crippen LogP contribution < -0.4 is 11.1 Å². The first-order valence-corrected chi connectivity index (χ1v) is 10.7. The third kappa shape index (κ3) is 4.06. The van der Waals surface area contributed by atoms with Crippen LogP contribution >= 0.6 is 0 Å². The van der Waals surface area contributed by atoms with E-state index in [1.165, 1.54) is 5.56 Å². The van der Waals surface area contributed by atoms with Gasteiger partial charge in [0.15, 0.2) is 5.69 Å². The maximum Gasteiger partial charge on any atom is 0.276 e. The lowest BCUT2D eigenvalue weighted by Gasteiger charge is -2.15. The third-order valence-corrected chi connectivity index (χ3v) is 5.65. The Hall–Kier alpha value is -4.46. The van der Waals surface area contributed by atoms with Gasteiger partial charge in [0, 0.05) is 23.3 Å². The van der Waals surface area contributed by atoms with E-state index in [1.54, 1.807) is 18.5 Å². The molecule has 4 N–H and O–H groups in total. The zero-order chi connectivity index (χ0) is 22.8. The van der Waals surface area contributed by atoms with Gasteiger partial charge in [0.05, 0.1) is 23.4 Å². The summed E-state index contributed by atoms with van der Waals surface area (Å²) in [7, 11) is 0. The van der Waals surface area contributed by atoms with E-state index in [0.29, 0.717) is 17.2 Å². The highest BCUT2D eigenvalue weighted by Gasteiger charge is 2.17. The van der Waals surface area contributed by atoms with Crippen LogP contribution in [0.15, 0.2) is 79.3 Å². The molecule has 5 aromatic rings. The summed E-state index contributed by atoms with van der Waals surface area (Å²) >= 11 is 0. The van der Waals surface area contributed by atoms with Crippen LogP contribution in [0.5, 0.6) is 0 Å². The van der Waals surface area contributed by atoms with E-state index in [2.05, 4.69) is 44.7 Å². The number of anilines is 2. The molecule has 0 fully saturated rings. The quantitative estimate of drug-likeness (QED) is 0.358. The molecule has 0 saturated heterocycles. The van der Waals surface area contributed by atoms with Crippen molar-refractivity contribution in [3.8, 4) is 11.1 Å². The minimum Gasteiger partial charge on any atom is -0.384 e. The van der Waals surface area contributed by atoms with E-state index in [1.807, 2.05) is 53.3 Å². The largest absolute Gasteiger partial charge is 0.384 e. The highest BCUT2D eigenvalue weighted by Crippen LogP contribution is 2.26. The molecule has 0 spiro atoms. The Morgan fingerprint density at radius 3 is 2.67 bits per heavy atom. The number of aromatic nitrogens is 5. The number of hydrogen-bond acceptors (Lipinski definition) is 5. The summed E-state index contributed by atoms with van der Waals surface area (Å²) in [5.41, 5.74) is 10.4. The number of rotatable bonds is 6. The van der Waals surface area contributed by atoms with E-state index in [4.69, 9.17) is 5.73 Å². The number of hydrogen-bond donors (Lipinski definition) is 3. The first-order chi connectivity index (χ1) is 16.1. The number of aromatic amines is 1. The number of nitrogens with zero attached hydrogens (tertiary/aromatic N) is 4. The van der Waals surface area contributed by atoms with E-state index in [0.717, 1.165) is 28.5 Å². The van der Waals surface area contributed by atoms with Gasteiger partial charge in [-0.1, -0.05) is 43.3 Å². The molecule has 8 heteroatoms. The maximum atomic E-state index is 12.9. The summed E-state index contributed by atoms with van der Waals surface area (Å²) in [5, 5.41) is 15.3. The maximum absolute atomic E-state index is 12.9. The normalized spacial score (nSPS) is 12.0. The Kier molecular flexibility index (Phi) is 5.32. The van der Waals surface area contributed by atoms with Crippen molar-refractivity contribution in [1.29, 1.82) is 0 Å². The zero-order valence-electron chi connectivity index (χ0n) is 18.1. The van der Waals surface area contributed by atoms with Crippen LogP contribution in [0.2, 0.25) is 0 Å². The van der Waals surface area contributed by atoms with Crippen LogP contribution in [0.1, 0.15) is 35.4 Å². The van der Waals surface area contributed by atoms with Gasteiger partial charge in [0.1, 0.15) is 5.82 Å². The van der Waals surface area contributed by atoms with Gasteiger partial charge in [0.25, 0.3) is 5.91 Å². The lowest BCUT2D eigenvalue weighted by atomic mass is 10.1. The molecule has 2 aromatic carbocycles. The van der Waals surface area contributed by atoms with Crippen molar-refractivity contribution in [1.82, 2.24) is 25.0 Å². The monoisotopic (exact) mass is 437 g/mol. The minimum absolute atomic E-state index is 0.101. The van der Waals surface area contributed by atoms with E-state index < -0.39 is 0 Å². The molecule has 0 radical (unpaired) electrons. The van der Waals surface area contributed by atoms with Crippen molar-refractivity contribution in [3.05, 3.63) is 90.5 Å². The molecule has 3 aromatic heterocycles. The number of fused-ring (bicyclic) bond motifs is 1. The molecule has 1 atom stereocenters. The molecule has 0 aliphatic carbocycles. The number of carbonyl (C=O) groups is 1. The Morgan fingerprint density at radius 2 is 1.91 bits per heavy atom. The van der Waals surface area contributed by atoms with Crippen molar-refractivity contribution in [2.45, 2.75) is 19.4 Å². The van der Waals surface area contributed by atoms with Gasteiger partial charge in [-0.05, 0) is 41.8 Å². The Balaban J connectivity index is 1.36. The summed E-state index contributed by atoms with van der Waals surface area (Å²) in [6.07, 6.45) is 6.11. The van der Waals surface area contributed by atoms with Crippen molar-refractivity contribution in [2.75, 3.05) is 11.1 Å². The molecule has 0 aliphatic rings. The average molecular weight is 438 g/mol. The van der Waals surface area contributed by atoms with Gasteiger partial charge >= 0.3 is 0 Å². The van der Waals surface area contributed by atoms with E-state index in [-0.39, 0.29) is 11.9 Å². The van der Waals surface area contributed by atoms with Gasteiger partial charge in [-0.3, -0.25) is 14.6 Å². The molecule has 8 nitrogen and oxygen atoms in total. The Morgan fingerprint density at radius 1 is 1.09 bits per heavy atom. The number of nitrogens with one attached hydrogen (secondary N) is 2. The molecule has 1 amide bonds. The van der Waals surface area contributed by atoms with Crippen LogP contribution in [-0.4, -0.2) is 30.9 Å². The van der Waals surface area contributed by atoms with Crippen LogP contribution in [0.25, 0.3) is 22.0 Å². The van der Waals surface area contributed by atoms with Gasteiger partial charge in [-0.2, -0.15) is 10.2 Å². The molecule has 3 heterocycles. The molecule has 0 bridgehead atoms. The Bertz CT molecular complexity index is 1400. The second-order valence-electron chi connectivity index (χ2n) is 7.80. The second kappa shape index (κ2) is 8.58. The van der Waals surface area contributed by atoms with E-state index >= 15 is 0 Å². The lowest BCUT2D eigenvalue weighted by Crippen LogP contribution is -2.13. The number of nitrogen functional groups attached to an aromatic ring is 1. The number of pyridine rings is 1. The van der Waals surface area contributed by atoms with Crippen molar-refractivity contribution >= 4 is 28.3 Å². The molecule has 164 valence electrons. The first-order valence-electron chi connectivity index (χ1n) is 10.7. The summed E-state index contributed by atoms with van der Waals surface area (Å²) in [5.74, 6) is 0.174. The van der Waals surface area contributed by atoms with Gasteiger partial charge in [-0.15, -0.1) is 0 Å². The highest BCUT2D eigenvalue weighted by molar-refractivity contribution is 6.11. The van der Waals surface area contributed by atoms with Crippen molar-refractivity contribution < 1.29 is 4.79 Å². The highest BCUT2D eigenvalue weighted by atomic mass is 16.2. The average Bonchev–Trinajstić information content (AvgIpc) is 3.47. The molecule has 0 saturated carbocycles. The standard InChI is InChI=1S/C25H23N7O/c1-2-22(16-6-4-3-5-7-16)32-15-19(14-28-32)29-25(33)24-20-10-8-17(12-21(20)30-31-24)18-9-11-23(26)27-13-18/h3-15,22H,2H2,1H3,(H2,26,27)(H,29,33)(H,30,31)/t22-/m0/s1. The lowest BCUT2D eigenvalue weighted by molar-refractivity contribution is 0.102. The summed E-state index contributed by atoms with van der Waals surface area (Å²) in [6.45, 7) is 2.11. The fraction of sp³-hybridized carbons (Fsp3) is 0.120. The van der Waals surface area contributed by atoms with Crippen molar-refractivity contribution in [3.63, 3.8) is 0 Å². The van der Waals surface area contributed by atoms with Crippen LogP contribution in [0.3, 0.4) is 0 Å². The molecule has 5 rings (SSSR count). The zero-order valence-corrected chi connectivity index (χ0v) is 18.1. The molecule has 0 unspecified atom stereocenters. The van der Waals surface area contributed by atoms with Crippen LogP contribution in [0, 0.1) is 0 Å². The molecule has 33 heavy (non-hydrogen) atoms. The number of amides is 1. The summed E-state index contributed by atoms with van der Waals surface area (Å²) in [4.78, 5) is 17.1. The smallest absolute Gasteiger partial charge is 0.276 e. The van der Waals surface area contributed by atoms with Crippen molar-refractivity contribution in [2.24, 2.45) is 0 Å². The molecular weight excluding hydrogens is 414 g/mol. The topological polar surface area (TPSA) is 115 Å². The Labute approximate surface area is 190 Å². The predicted molar refractivity (Wildman–Crippen MR) is 129 cm³/mol. The SMILES string of the molecule is CC[C@@H](c1ccccc1)n1cc(NC(=O)c2n[nH]c3cc(-c4ccc(N)nc4)ccc23)cn1. The summed E-state index contributed by atoms with van der Waals surface area (Å²) < 4.78 is 1.88.